The molecule has 0 aromatic carbocycles. The molecule has 1 aromatic heterocycles. The summed E-state index contributed by atoms with van der Waals surface area (Å²) in [4.78, 5) is 20.8. The van der Waals surface area contributed by atoms with Crippen LogP contribution in [0, 0.1) is 0 Å². The van der Waals surface area contributed by atoms with Crippen LogP contribution in [0.2, 0.25) is 0 Å². The minimum absolute atomic E-state index is 0.123. The molecule has 0 radical (unpaired) electrons. The lowest BCUT2D eigenvalue weighted by Crippen LogP contribution is -2.14. The summed E-state index contributed by atoms with van der Waals surface area (Å²) in [6, 6.07) is 0. The third-order valence-corrected chi connectivity index (χ3v) is 1.63. The molecule has 0 aliphatic carbocycles. The minimum Gasteiger partial charge on any atom is -0.362 e. The molecule has 0 unspecified atom stereocenters. The van der Waals surface area contributed by atoms with E-state index in [4.69, 9.17) is 0 Å². The van der Waals surface area contributed by atoms with Crippen LogP contribution in [0.3, 0.4) is 0 Å². The van der Waals surface area contributed by atoms with E-state index in [2.05, 4.69) is 9.97 Å². The molecule has 0 aliphatic rings. The van der Waals surface area contributed by atoms with E-state index in [-0.39, 0.29) is 5.78 Å². The summed E-state index contributed by atoms with van der Waals surface area (Å²) in [5.41, 5.74) is 0.875. The highest BCUT2D eigenvalue weighted by atomic mass is 16.1. The van der Waals surface area contributed by atoms with Crippen LogP contribution in [0.25, 0.3) is 0 Å². The SMILES string of the molecule is CC(=O)Cc1cncnc1N(C)C. The van der Waals surface area contributed by atoms with Crippen molar-refractivity contribution in [2.75, 3.05) is 19.0 Å². The van der Waals surface area contributed by atoms with Gasteiger partial charge in [-0.2, -0.15) is 0 Å². The molecule has 1 aromatic rings. The predicted octanol–water partition coefficient (Wildman–Crippen LogP) is 0.674. The predicted molar refractivity (Wildman–Crippen MR) is 50.7 cm³/mol. The maximum atomic E-state index is 10.9. The van der Waals surface area contributed by atoms with Gasteiger partial charge in [-0.25, -0.2) is 9.97 Å². The fourth-order valence-corrected chi connectivity index (χ4v) is 1.15. The third-order valence-electron chi connectivity index (χ3n) is 1.63. The molecule has 70 valence electrons. The monoisotopic (exact) mass is 179 g/mol. The summed E-state index contributed by atoms with van der Waals surface area (Å²) < 4.78 is 0. The van der Waals surface area contributed by atoms with Gasteiger partial charge in [0.05, 0.1) is 0 Å². The summed E-state index contributed by atoms with van der Waals surface area (Å²) in [6.07, 6.45) is 3.57. The van der Waals surface area contributed by atoms with E-state index < -0.39 is 0 Å². The zero-order valence-electron chi connectivity index (χ0n) is 8.11. The Balaban J connectivity index is 2.97. The summed E-state index contributed by atoms with van der Waals surface area (Å²) in [6.45, 7) is 1.56. The van der Waals surface area contributed by atoms with Crippen LogP contribution in [0.4, 0.5) is 5.82 Å². The van der Waals surface area contributed by atoms with E-state index in [0.29, 0.717) is 6.42 Å². The number of nitrogens with zero attached hydrogens (tertiary/aromatic N) is 3. The smallest absolute Gasteiger partial charge is 0.135 e. The van der Waals surface area contributed by atoms with Crippen LogP contribution >= 0.6 is 0 Å². The van der Waals surface area contributed by atoms with Crippen molar-refractivity contribution in [3.8, 4) is 0 Å². The van der Waals surface area contributed by atoms with Crippen molar-refractivity contribution in [3.05, 3.63) is 18.1 Å². The molecule has 0 saturated carbocycles. The van der Waals surface area contributed by atoms with Crippen molar-refractivity contribution in [2.45, 2.75) is 13.3 Å². The Morgan fingerprint density at radius 3 is 2.77 bits per heavy atom. The number of Topliss-reactive ketones (excluding diaryl/α,β-unsaturated/α-hetero) is 1. The molecule has 0 atom stereocenters. The van der Waals surface area contributed by atoms with Crippen LogP contribution in [-0.2, 0) is 11.2 Å². The van der Waals surface area contributed by atoms with Crippen LogP contribution < -0.4 is 4.90 Å². The first-order valence-electron chi connectivity index (χ1n) is 4.07. The van der Waals surface area contributed by atoms with Gasteiger partial charge in [0.15, 0.2) is 0 Å². The molecule has 4 heteroatoms. The van der Waals surface area contributed by atoms with Gasteiger partial charge in [-0.05, 0) is 6.92 Å². The molecule has 0 saturated heterocycles. The molecule has 0 aliphatic heterocycles. The zero-order chi connectivity index (χ0) is 9.84. The van der Waals surface area contributed by atoms with Crippen molar-refractivity contribution in [2.24, 2.45) is 0 Å². The van der Waals surface area contributed by atoms with Gasteiger partial charge in [-0.15, -0.1) is 0 Å². The maximum Gasteiger partial charge on any atom is 0.135 e. The standard InChI is InChI=1S/C9H13N3O/c1-7(13)4-8-5-10-6-11-9(8)12(2)3/h5-6H,4H2,1-3H3. The Hall–Kier alpha value is -1.45. The van der Waals surface area contributed by atoms with Crippen LogP contribution in [0.15, 0.2) is 12.5 Å². The molecule has 0 amide bonds. The van der Waals surface area contributed by atoms with Crippen molar-refractivity contribution >= 4 is 11.6 Å². The molecule has 4 nitrogen and oxygen atoms in total. The zero-order valence-corrected chi connectivity index (χ0v) is 8.11. The number of carbonyl (C=O) groups is 1. The van der Waals surface area contributed by atoms with Crippen LogP contribution in [0.1, 0.15) is 12.5 Å². The largest absolute Gasteiger partial charge is 0.362 e. The Morgan fingerprint density at radius 1 is 1.54 bits per heavy atom. The number of carbonyl (C=O) groups excluding carboxylic acids is 1. The molecule has 1 heterocycles. The number of hydrogen-bond acceptors (Lipinski definition) is 4. The average molecular weight is 179 g/mol. The number of ketones is 1. The van der Waals surface area contributed by atoms with Gasteiger partial charge in [0.25, 0.3) is 0 Å². The lowest BCUT2D eigenvalue weighted by atomic mass is 10.1. The summed E-state index contributed by atoms with van der Waals surface area (Å²) >= 11 is 0. The Bertz CT molecular complexity index is 309. The number of anilines is 1. The molecule has 1 rings (SSSR count). The topological polar surface area (TPSA) is 46.1 Å². The van der Waals surface area contributed by atoms with Gasteiger partial charge < -0.3 is 4.90 Å². The lowest BCUT2D eigenvalue weighted by molar-refractivity contribution is -0.116. The lowest BCUT2D eigenvalue weighted by Gasteiger charge is -2.14. The fraction of sp³-hybridized carbons (Fsp3) is 0.444. The van der Waals surface area contributed by atoms with Crippen LogP contribution in [0.5, 0.6) is 0 Å². The van der Waals surface area contributed by atoms with Gasteiger partial charge in [-0.1, -0.05) is 0 Å². The highest BCUT2D eigenvalue weighted by Gasteiger charge is 2.07. The second kappa shape index (κ2) is 3.98. The molecular formula is C9H13N3O. The van der Waals surface area contributed by atoms with E-state index in [0.717, 1.165) is 11.4 Å². The van der Waals surface area contributed by atoms with Gasteiger partial charge >= 0.3 is 0 Å². The first-order chi connectivity index (χ1) is 6.11. The second-order valence-corrected chi connectivity index (χ2v) is 3.14. The van der Waals surface area contributed by atoms with Gasteiger partial charge in [0.1, 0.15) is 17.9 Å². The highest BCUT2D eigenvalue weighted by Crippen LogP contribution is 2.13. The third kappa shape index (κ3) is 2.50. The summed E-state index contributed by atoms with van der Waals surface area (Å²) in [5.74, 6) is 0.933. The van der Waals surface area contributed by atoms with Gasteiger partial charge in [-0.3, -0.25) is 4.79 Å². The van der Waals surface area contributed by atoms with E-state index in [1.54, 1.807) is 13.1 Å². The molecule has 0 fully saturated rings. The van der Waals surface area contributed by atoms with E-state index >= 15 is 0 Å². The summed E-state index contributed by atoms with van der Waals surface area (Å²) in [5, 5.41) is 0. The molecule has 0 spiro atoms. The van der Waals surface area contributed by atoms with E-state index in [1.165, 1.54) is 6.33 Å². The van der Waals surface area contributed by atoms with Crippen molar-refractivity contribution in [3.63, 3.8) is 0 Å². The van der Waals surface area contributed by atoms with E-state index in [1.807, 2.05) is 19.0 Å². The number of hydrogen-bond donors (Lipinski definition) is 0. The molecular weight excluding hydrogens is 166 g/mol. The maximum absolute atomic E-state index is 10.9. The Morgan fingerprint density at radius 2 is 2.23 bits per heavy atom. The Labute approximate surface area is 77.6 Å². The first-order valence-corrected chi connectivity index (χ1v) is 4.07. The summed E-state index contributed by atoms with van der Waals surface area (Å²) in [7, 11) is 3.79. The number of aromatic nitrogens is 2. The van der Waals surface area contributed by atoms with Crippen molar-refractivity contribution < 1.29 is 4.79 Å². The van der Waals surface area contributed by atoms with Crippen LogP contribution in [-0.4, -0.2) is 29.8 Å². The normalized spacial score (nSPS) is 9.77. The Kier molecular flexibility index (Phi) is 2.95. The van der Waals surface area contributed by atoms with Crippen molar-refractivity contribution in [1.29, 1.82) is 0 Å². The quantitative estimate of drug-likeness (QED) is 0.684. The average Bonchev–Trinajstić information content (AvgIpc) is 2.03. The minimum atomic E-state index is 0.123. The highest BCUT2D eigenvalue weighted by molar-refractivity contribution is 5.79. The second-order valence-electron chi connectivity index (χ2n) is 3.14. The van der Waals surface area contributed by atoms with Gasteiger partial charge in [0.2, 0.25) is 0 Å². The fourth-order valence-electron chi connectivity index (χ4n) is 1.15. The van der Waals surface area contributed by atoms with E-state index in [9.17, 15) is 4.79 Å². The van der Waals surface area contributed by atoms with Gasteiger partial charge in [0, 0.05) is 32.3 Å². The first kappa shape index (κ1) is 9.64. The molecule has 0 N–H and O–H groups in total. The molecule has 0 bridgehead atoms. The molecule has 13 heavy (non-hydrogen) atoms. The van der Waals surface area contributed by atoms with Crippen molar-refractivity contribution in [1.82, 2.24) is 9.97 Å². The number of rotatable bonds is 3.